The molecule has 6 amide bonds. The van der Waals surface area contributed by atoms with Crippen molar-refractivity contribution in [3.8, 4) is 22.6 Å². The van der Waals surface area contributed by atoms with Crippen LogP contribution >= 0.6 is 0 Å². The molecule has 0 radical (unpaired) electrons. The Hall–Kier alpha value is -6.18. The third-order valence-corrected chi connectivity index (χ3v) is 13.2. The molecule has 2 heterocycles. The van der Waals surface area contributed by atoms with Gasteiger partial charge in [0.2, 0.25) is 23.6 Å². The summed E-state index contributed by atoms with van der Waals surface area (Å²) in [6.45, 7) is 2.72. The normalized spacial score (nSPS) is 19.0. The van der Waals surface area contributed by atoms with Gasteiger partial charge in [-0.1, -0.05) is 87.6 Å². The molecule has 7 rings (SSSR count). The van der Waals surface area contributed by atoms with E-state index < -0.39 is 23.9 Å². The van der Waals surface area contributed by atoms with Gasteiger partial charge in [0, 0.05) is 50.1 Å². The van der Waals surface area contributed by atoms with Gasteiger partial charge in [-0.15, -0.1) is 0 Å². The first-order valence-corrected chi connectivity index (χ1v) is 23.0. The molecule has 0 aliphatic heterocycles. The summed E-state index contributed by atoms with van der Waals surface area (Å²) in [5.74, 6) is 0.0266. The fraction of sp³-hybridized carbons (Fsp3) is 0.480. The number of furan rings is 2. The minimum Gasteiger partial charge on any atom is -0.451 e. The fourth-order valence-corrected chi connectivity index (χ4v) is 9.30. The van der Waals surface area contributed by atoms with E-state index in [1.807, 2.05) is 55.5 Å². The number of amides is 6. The molecular formula is C50H62N6O8. The highest BCUT2D eigenvalue weighted by molar-refractivity contribution is 5.97. The maximum atomic E-state index is 13.5. The SMILES string of the molecule is CNC(=O)C(NC(=O)c1ccc(-c2ccc(CNC(=O)C(C)CC3CCCC(C(NC(=O)c4ccc(-c5ccc(CNC(=O)C6CC6)cc5)o4)C(=O)NC)C3)cc2)o1)C1CCCCC1. The van der Waals surface area contributed by atoms with E-state index in [1.165, 1.54) is 0 Å². The monoisotopic (exact) mass is 874 g/mol. The molecule has 0 saturated heterocycles. The van der Waals surface area contributed by atoms with Crippen molar-refractivity contribution in [3.63, 3.8) is 0 Å². The van der Waals surface area contributed by atoms with Crippen LogP contribution < -0.4 is 31.9 Å². The molecule has 64 heavy (non-hydrogen) atoms. The quantitative estimate of drug-likeness (QED) is 0.0638. The number of benzene rings is 2. The van der Waals surface area contributed by atoms with E-state index in [0.29, 0.717) is 37.5 Å². The number of carbonyl (C=O) groups is 6. The van der Waals surface area contributed by atoms with Crippen LogP contribution in [0, 0.1) is 29.6 Å². The zero-order valence-corrected chi connectivity index (χ0v) is 37.1. The maximum Gasteiger partial charge on any atom is 0.287 e. The molecule has 3 aliphatic rings. The van der Waals surface area contributed by atoms with Gasteiger partial charge in [-0.25, -0.2) is 0 Å². The smallest absolute Gasteiger partial charge is 0.287 e. The van der Waals surface area contributed by atoms with Crippen LogP contribution in [0.5, 0.6) is 0 Å². The summed E-state index contributed by atoms with van der Waals surface area (Å²) in [6.07, 6.45) is 10.9. The Morgan fingerprint density at radius 3 is 1.58 bits per heavy atom. The highest BCUT2D eigenvalue weighted by Crippen LogP contribution is 2.36. The lowest BCUT2D eigenvalue weighted by Gasteiger charge is -2.34. The van der Waals surface area contributed by atoms with Crippen LogP contribution in [-0.4, -0.2) is 61.6 Å². The molecule has 6 N–H and O–H groups in total. The lowest BCUT2D eigenvalue weighted by Crippen LogP contribution is -2.51. The molecule has 4 aromatic rings. The summed E-state index contributed by atoms with van der Waals surface area (Å²) >= 11 is 0. The third-order valence-electron chi connectivity index (χ3n) is 13.2. The Bertz CT molecular complexity index is 2250. The summed E-state index contributed by atoms with van der Waals surface area (Å²) < 4.78 is 11.9. The number of nitrogens with one attached hydrogen (secondary N) is 6. The van der Waals surface area contributed by atoms with Gasteiger partial charge in [-0.2, -0.15) is 0 Å². The van der Waals surface area contributed by atoms with Gasteiger partial charge in [0.1, 0.15) is 23.6 Å². The molecule has 5 unspecified atom stereocenters. The summed E-state index contributed by atoms with van der Waals surface area (Å²) in [4.78, 5) is 77.8. The summed E-state index contributed by atoms with van der Waals surface area (Å²) in [5.41, 5.74) is 3.44. The van der Waals surface area contributed by atoms with Crippen molar-refractivity contribution >= 4 is 35.4 Å². The van der Waals surface area contributed by atoms with Gasteiger partial charge in [-0.3, -0.25) is 28.8 Å². The minimum absolute atomic E-state index is 0.0593. The first-order chi connectivity index (χ1) is 31.0. The second-order valence-electron chi connectivity index (χ2n) is 17.9. The van der Waals surface area contributed by atoms with Crippen molar-refractivity contribution < 1.29 is 37.6 Å². The highest BCUT2D eigenvalue weighted by atomic mass is 16.4. The van der Waals surface area contributed by atoms with Gasteiger partial charge in [0.15, 0.2) is 11.5 Å². The second kappa shape index (κ2) is 21.5. The van der Waals surface area contributed by atoms with E-state index in [2.05, 4.69) is 31.9 Å². The largest absolute Gasteiger partial charge is 0.451 e. The molecular weight excluding hydrogens is 813 g/mol. The lowest BCUT2D eigenvalue weighted by molar-refractivity contribution is -0.126. The average Bonchev–Trinajstić information content (AvgIpc) is 3.84. The average molecular weight is 875 g/mol. The number of carbonyl (C=O) groups excluding carboxylic acids is 6. The topological polar surface area (TPSA) is 201 Å². The molecule has 0 bridgehead atoms. The Morgan fingerprint density at radius 1 is 0.562 bits per heavy atom. The van der Waals surface area contributed by atoms with Crippen molar-refractivity contribution in [1.29, 1.82) is 0 Å². The predicted molar refractivity (Wildman–Crippen MR) is 241 cm³/mol. The number of rotatable bonds is 18. The highest BCUT2D eigenvalue weighted by Gasteiger charge is 2.36. The van der Waals surface area contributed by atoms with Crippen molar-refractivity contribution in [2.24, 2.45) is 29.6 Å². The van der Waals surface area contributed by atoms with Crippen LogP contribution in [0.4, 0.5) is 0 Å². The molecule has 2 aromatic carbocycles. The van der Waals surface area contributed by atoms with E-state index in [9.17, 15) is 28.8 Å². The summed E-state index contributed by atoms with van der Waals surface area (Å²) in [6, 6.07) is 20.5. The second-order valence-corrected chi connectivity index (χ2v) is 17.9. The van der Waals surface area contributed by atoms with Crippen LogP contribution in [0.3, 0.4) is 0 Å². The van der Waals surface area contributed by atoms with Gasteiger partial charge in [0.25, 0.3) is 11.8 Å². The number of hydrogen-bond acceptors (Lipinski definition) is 8. The standard InChI is InChI=1S/C50H62N6O8/c1-30(45(57)53-28-31-12-16-34(17-13-31)39-22-24-41(63-39)47(59)55-43(49(61)51-2)36-9-5-4-6-10-36)26-33-8-7-11-38(27-33)44(50(62)52-3)56-48(60)42-25-23-40(64-42)35-18-14-32(15-19-35)29-54-46(58)37-20-21-37/h12-19,22-25,30,33,36-38,43-44H,4-11,20-21,26-29H2,1-3H3,(H,51,61)(H,52,62)(H,53,57)(H,54,58)(H,55,59)(H,56,60). The molecule has 14 nitrogen and oxygen atoms in total. The van der Waals surface area contributed by atoms with Gasteiger partial charge in [-0.05, 0) is 98.1 Å². The number of likely N-dealkylation sites (N-methyl/N-ethyl adjacent to an activating group) is 2. The first-order valence-electron chi connectivity index (χ1n) is 23.0. The van der Waals surface area contributed by atoms with Crippen molar-refractivity contribution in [3.05, 3.63) is 95.4 Å². The lowest BCUT2D eigenvalue weighted by atomic mass is 9.74. The van der Waals surface area contributed by atoms with E-state index in [1.54, 1.807) is 38.4 Å². The zero-order valence-electron chi connectivity index (χ0n) is 37.1. The molecule has 3 saturated carbocycles. The Kier molecular flexibility index (Phi) is 15.4. The third kappa shape index (κ3) is 11.9. The Labute approximate surface area is 374 Å². The van der Waals surface area contributed by atoms with Gasteiger partial charge >= 0.3 is 0 Å². The van der Waals surface area contributed by atoms with Gasteiger partial charge in [0.05, 0.1) is 0 Å². The van der Waals surface area contributed by atoms with E-state index in [0.717, 1.165) is 86.5 Å². The summed E-state index contributed by atoms with van der Waals surface area (Å²) in [7, 11) is 3.14. The van der Waals surface area contributed by atoms with Crippen LogP contribution in [0.1, 0.15) is 116 Å². The minimum atomic E-state index is -0.761. The van der Waals surface area contributed by atoms with E-state index in [4.69, 9.17) is 8.83 Å². The van der Waals surface area contributed by atoms with Crippen LogP contribution in [0.25, 0.3) is 22.6 Å². The molecule has 2 aromatic heterocycles. The van der Waals surface area contributed by atoms with E-state index in [-0.39, 0.29) is 64.7 Å². The molecule has 0 spiro atoms. The van der Waals surface area contributed by atoms with Crippen molar-refractivity contribution in [2.75, 3.05) is 14.1 Å². The van der Waals surface area contributed by atoms with Gasteiger partial charge < -0.3 is 40.7 Å². The molecule has 5 atom stereocenters. The molecule has 340 valence electrons. The predicted octanol–water partition coefficient (Wildman–Crippen LogP) is 6.65. The van der Waals surface area contributed by atoms with Crippen molar-refractivity contribution in [1.82, 2.24) is 31.9 Å². The Balaban J connectivity index is 0.870. The molecule has 3 fully saturated rings. The first kappa shape index (κ1) is 45.8. The zero-order chi connectivity index (χ0) is 45.2. The van der Waals surface area contributed by atoms with Crippen LogP contribution in [0.2, 0.25) is 0 Å². The number of hydrogen-bond donors (Lipinski definition) is 6. The van der Waals surface area contributed by atoms with Crippen LogP contribution in [-0.2, 0) is 32.3 Å². The maximum absolute atomic E-state index is 13.5. The van der Waals surface area contributed by atoms with Crippen molar-refractivity contribution in [2.45, 2.75) is 109 Å². The summed E-state index contributed by atoms with van der Waals surface area (Å²) in [5, 5.41) is 17.3. The molecule has 3 aliphatic carbocycles. The van der Waals surface area contributed by atoms with Crippen LogP contribution in [0.15, 0.2) is 81.6 Å². The Morgan fingerprint density at radius 2 is 1.06 bits per heavy atom. The molecule has 14 heteroatoms. The fourth-order valence-electron chi connectivity index (χ4n) is 9.30. The van der Waals surface area contributed by atoms with E-state index >= 15 is 0 Å².